The normalized spacial score (nSPS) is 19.5. The van der Waals surface area contributed by atoms with Crippen molar-refractivity contribution >= 4 is 0 Å². The molecule has 4 heteroatoms. The van der Waals surface area contributed by atoms with Crippen LogP contribution in [0.5, 0.6) is 34.5 Å². The third-order valence-electron chi connectivity index (χ3n) is 7.71. The highest BCUT2D eigenvalue weighted by atomic mass is 16.7. The van der Waals surface area contributed by atoms with Crippen molar-refractivity contribution in [3.63, 3.8) is 0 Å². The average Bonchev–Trinajstić information content (AvgIpc) is 3.05. The predicted octanol–water partition coefficient (Wildman–Crippen LogP) is 9.50. The minimum absolute atomic E-state index is 0.245. The van der Waals surface area contributed by atoms with Gasteiger partial charge in [0.05, 0.1) is 11.1 Å². The van der Waals surface area contributed by atoms with E-state index in [1.165, 1.54) is 6.42 Å². The molecule has 1 aliphatic carbocycles. The van der Waals surface area contributed by atoms with Crippen LogP contribution in [0, 0.1) is 17.8 Å². The van der Waals surface area contributed by atoms with Gasteiger partial charge < -0.3 is 18.9 Å². The zero-order valence-corrected chi connectivity index (χ0v) is 22.2. The average molecular weight is 507 g/mol. The van der Waals surface area contributed by atoms with Gasteiger partial charge in [-0.25, -0.2) is 0 Å². The van der Waals surface area contributed by atoms with Crippen molar-refractivity contribution in [2.45, 2.75) is 45.8 Å². The minimum atomic E-state index is -0.775. The molecule has 4 aromatic rings. The zero-order valence-electron chi connectivity index (χ0n) is 22.2. The fourth-order valence-electron chi connectivity index (χ4n) is 5.98. The van der Waals surface area contributed by atoms with E-state index in [2.05, 4.69) is 20.8 Å². The van der Waals surface area contributed by atoms with Crippen LogP contribution >= 0.6 is 0 Å². The van der Waals surface area contributed by atoms with Crippen LogP contribution < -0.4 is 18.9 Å². The summed E-state index contributed by atoms with van der Waals surface area (Å²) in [6.45, 7) is 6.83. The standard InChI is InChI=1S/C34H34O4/c1-23(2)27-21-20-24(3)22-34(27)37-30-18-10-16-28(35-25-12-6-4-7-13-25)32(30)33-29(17-11-19-31(33)38-34)36-26-14-8-5-9-15-26/h4-19,23-24,27H,20-22H2,1-3H3/t24-,27-/m1/s1. The summed E-state index contributed by atoms with van der Waals surface area (Å²) in [5, 5.41) is 0. The molecule has 6 rings (SSSR count). The van der Waals surface area contributed by atoms with Crippen molar-refractivity contribution in [2.24, 2.45) is 17.8 Å². The minimum Gasteiger partial charge on any atom is -0.457 e. The van der Waals surface area contributed by atoms with Gasteiger partial charge in [0.2, 0.25) is 0 Å². The lowest BCUT2D eigenvalue weighted by atomic mass is 9.72. The van der Waals surface area contributed by atoms with E-state index in [1.54, 1.807) is 0 Å². The Morgan fingerprint density at radius 2 is 1.16 bits per heavy atom. The fourth-order valence-corrected chi connectivity index (χ4v) is 5.98. The molecule has 0 aromatic heterocycles. The third kappa shape index (κ3) is 4.60. The summed E-state index contributed by atoms with van der Waals surface area (Å²) in [5.41, 5.74) is 1.69. The Morgan fingerprint density at radius 3 is 1.63 bits per heavy atom. The van der Waals surface area contributed by atoms with E-state index in [0.717, 1.165) is 47.0 Å². The number of ether oxygens (including phenoxy) is 4. The van der Waals surface area contributed by atoms with Gasteiger partial charge >= 0.3 is 0 Å². The molecular weight excluding hydrogens is 472 g/mol. The van der Waals surface area contributed by atoms with Gasteiger partial charge in [-0.1, -0.05) is 69.3 Å². The van der Waals surface area contributed by atoms with E-state index in [0.29, 0.717) is 23.3 Å². The number of hydrogen-bond acceptors (Lipinski definition) is 4. The molecule has 0 amide bonds. The maximum absolute atomic E-state index is 7.04. The van der Waals surface area contributed by atoms with Gasteiger partial charge in [-0.15, -0.1) is 0 Å². The molecule has 0 saturated heterocycles. The third-order valence-corrected chi connectivity index (χ3v) is 7.71. The van der Waals surface area contributed by atoms with Gasteiger partial charge in [0.15, 0.2) is 0 Å². The van der Waals surface area contributed by atoms with Crippen LogP contribution in [-0.2, 0) is 0 Å². The Morgan fingerprint density at radius 1 is 0.658 bits per heavy atom. The largest absolute Gasteiger partial charge is 0.457 e. The fraction of sp³-hybridized carbons (Fsp3) is 0.294. The Labute approximate surface area is 225 Å². The van der Waals surface area contributed by atoms with Gasteiger partial charge in [0, 0.05) is 12.3 Å². The van der Waals surface area contributed by atoms with E-state index in [9.17, 15) is 0 Å². The first-order valence-corrected chi connectivity index (χ1v) is 13.6. The van der Waals surface area contributed by atoms with E-state index in [1.807, 2.05) is 97.1 Å². The van der Waals surface area contributed by atoms with Gasteiger partial charge in [0.1, 0.15) is 34.5 Å². The molecule has 194 valence electrons. The summed E-state index contributed by atoms with van der Waals surface area (Å²) in [5.74, 6) is 4.78. The summed E-state index contributed by atoms with van der Waals surface area (Å²) in [6, 6.07) is 31.7. The SMILES string of the molecule is CC(C)[C@H]1CC[C@@H](C)CC12Oc1cccc(Oc3ccccc3)c1-c1c(Oc3ccccc3)cccc1O2. The first kappa shape index (κ1) is 24.4. The maximum Gasteiger partial charge on any atom is 0.254 e. The lowest BCUT2D eigenvalue weighted by Gasteiger charge is -2.46. The molecule has 38 heavy (non-hydrogen) atoms. The molecule has 0 unspecified atom stereocenters. The summed E-state index contributed by atoms with van der Waals surface area (Å²) in [6.07, 6.45) is 3.05. The van der Waals surface area contributed by atoms with Gasteiger partial charge in [0.25, 0.3) is 5.79 Å². The van der Waals surface area contributed by atoms with Crippen molar-refractivity contribution in [3.8, 4) is 45.6 Å². The Bertz CT molecular complexity index is 1300. The molecule has 1 spiro atoms. The highest BCUT2D eigenvalue weighted by Crippen LogP contribution is 2.56. The maximum atomic E-state index is 7.04. The van der Waals surface area contributed by atoms with Crippen molar-refractivity contribution in [1.82, 2.24) is 0 Å². The van der Waals surface area contributed by atoms with Crippen LogP contribution in [-0.4, -0.2) is 5.79 Å². The van der Waals surface area contributed by atoms with Crippen molar-refractivity contribution < 1.29 is 18.9 Å². The topological polar surface area (TPSA) is 36.9 Å². The second-order valence-corrected chi connectivity index (χ2v) is 10.8. The Hall–Kier alpha value is -3.92. The number of hydrogen-bond donors (Lipinski definition) is 0. The first-order valence-electron chi connectivity index (χ1n) is 13.6. The molecule has 4 nitrogen and oxygen atoms in total. The zero-order chi connectivity index (χ0) is 26.1. The summed E-state index contributed by atoms with van der Waals surface area (Å²) in [4.78, 5) is 0. The van der Waals surface area contributed by atoms with E-state index in [4.69, 9.17) is 18.9 Å². The summed E-state index contributed by atoms with van der Waals surface area (Å²) >= 11 is 0. The van der Waals surface area contributed by atoms with Crippen LogP contribution in [0.3, 0.4) is 0 Å². The highest BCUT2D eigenvalue weighted by molar-refractivity contribution is 5.86. The quantitative estimate of drug-likeness (QED) is 0.270. The van der Waals surface area contributed by atoms with E-state index >= 15 is 0 Å². The molecule has 2 atom stereocenters. The number of fused-ring (bicyclic) bond motifs is 3. The first-order chi connectivity index (χ1) is 18.5. The van der Waals surface area contributed by atoms with E-state index in [-0.39, 0.29) is 5.92 Å². The number of rotatable bonds is 5. The predicted molar refractivity (Wildman–Crippen MR) is 150 cm³/mol. The monoisotopic (exact) mass is 506 g/mol. The molecule has 1 heterocycles. The summed E-state index contributed by atoms with van der Waals surface area (Å²) < 4.78 is 27.0. The summed E-state index contributed by atoms with van der Waals surface area (Å²) in [7, 11) is 0. The molecule has 0 N–H and O–H groups in total. The molecule has 1 saturated carbocycles. The van der Waals surface area contributed by atoms with Crippen LogP contribution in [0.25, 0.3) is 11.1 Å². The van der Waals surface area contributed by atoms with Crippen molar-refractivity contribution in [2.75, 3.05) is 0 Å². The van der Waals surface area contributed by atoms with Crippen LogP contribution in [0.2, 0.25) is 0 Å². The molecule has 0 radical (unpaired) electrons. The van der Waals surface area contributed by atoms with Crippen molar-refractivity contribution in [1.29, 1.82) is 0 Å². The van der Waals surface area contributed by atoms with Gasteiger partial charge in [-0.3, -0.25) is 0 Å². The van der Waals surface area contributed by atoms with Gasteiger partial charge in [-0.05, 0) is 73.2 Å². The number of benzene rings is 4. The number of para-hydroxylation sites is 2. The molecule has 1 aliphatic heterocycles. The molecule has 0 bridgehead atoms. The van der Waals surface area contributed by atoms with Crippen molar-refractivity contribution in [3.05, 3.63) is 97.1 Å². The molecule has 2 aliphatic rings. The van der Waals surface area contributed by atoms with Crippen LogP contribution in [0.1, 0.15) is 40.0 Å². The molecule has 1 fully saturated rings. The van der Waals surface area contributed by atoms with Gasteiger partial charge in [-0.2, -0.15) is 0 Å². The lowest BCUT2D eigenvalue weighted by molar-refractivity contribution is -0.194. The molecule has 4 aromatic carbocycles. The smallest absolute Gasteiger partial charge is 0.254 e. The van der Waals surface area contributed by atoms with Crippen LogP contribution in [0.15, 0.2) is 97.1 Å². The van der Waals surface area contributed by atoms with E-state index < -0.39 is 5.79 Å². The second kappa shape index (κ2) is 10.1. The Kier molecular flexibility index (Phi) is 6.49. The Balaban J connectivity index is 1.56. The highest BCUT2D eigenvalue weighted by Gasteiger charge is 2.51. The van der Waals surface area contributed by atoms with Crippen LogP contribution in [0.4, 0.5) is 0 Å². The lowest BCUT2D eigenvalue weighted by Crippen LogP contribution is -2.54. The second-order valence-electron chi connectivity index (χ2n) is 10.8. The molecular formula is C34H34O4.